The molecule has 0 heterocycles. The zero-order valence-corrected chi connectivity index (χ0v) is 10.9. The second kappa shape index (κ2) is 8.10. The number of hydrogen-bond donors (Lipinski definition) is 3. The van der Waals surface area contributed by atoms with Crippen molar-refractivity contribution in [2.45, 2.75) is 19.8 Å². The van der Waals surface area contributed by atoms with E-state index in [1.807, 2.05) is 5.43 Å². The average molecular weight is 265 g/mol. The lowest BCUT2D eigenvalue weighted by Gasteiger charge is -2.08. The highest BCUT2D eigenvalue weighted by Crippen LogP contribution is 2.13. The molecule has 6 nitrogen and oxygen atoms in total. The molecule has 4 N–H and O–H groups in total. The number of amides is 2. The molecule has 0 saturated carbocycles. The maximum Gasteiger partial charge on any atom is 0.271 e. The van der Waals surface area contributed by atoms with Gasteiger partial charge in [0.2, 0.25) is 0 Å². The SMILES string of the molecule is CCCCNC(=O)c1cccc(OCC(=O)NN)c1. The topological polar surface area (TPSA) is 93.4 Å². The minimum absolute atomic E-state index is 0.151. The second-order valence-corrected chi connectivity index (χ2v) is 3.99. The molecule has 6 heteroatoms. The Balaban J connectivity index is 2.55. The number of carbonyl (C=O) groups excluding carboxylic acids is 2. The molecule has 0 fully saturated rings. The van der Waals surface area contributed by atoms with E-state index in [2.05, 4.69) is 12.2 Å². The monoisotopic (exact) mass is 265 g/mol. The van der Waals surface area contributed by atoms with Crippen LogP contribution in [-0.4, -0.2) is 25.0 Å². The van der Waals surface area contributed by atoms with Crippen LogP contribution in [0.4, 0.5) is 0 Å². The molecule has 1 aromatic carbocycles. The Morgan fingerprint density at radius 1 is 1.37 bits per heavy atom. The molecule has 0 saturated heterocycles. The highest BCUT2D eigenvalue weighted by atomic mass is 16.5. The van der Waals surface area contributed by atoms with E-state index >= 15 is 0 Å². The van der Waals surface area contributed by atoms with E-state index in [-0.39, 0.29) is 12.5 Å². The maximum absolute atomic E-state index is 11.8. The summed E-state index contributed by atoms with van der Waals surface area (Å²) in [6.07, 6.45) is 1.97. The number of hydrogen-bond acceptors (Lipinski definition) is 4. The molecule has 0 aliphatic heterocycles. The largest absolute Gasteiger partial charge is 0.484 e. The van der Waals surface area contributed by atoms with Crippen LogP contribution in [0.15, 0.2) is 24.3 Å². The van der Waals surface area contributed by atoms with E-state index in [1.54, 1.807) is 24.3 Å². The van der Waals surface area contributed by atoms with Gasteiger partial charge in [-0.3, -0.25) is 15.0 Å². The summed E-state index contributed by atoms with van der Waals surface area (Å²) < 4.78 is 5.20. The van der Waals surface area contributed by atoms with Crippen LogP contribution in [0, 0.1) is 0 Å². The Morgan fingerprint density at radius 3 is 2.84 bits per heavy atom. The first-order valence-electron chi connectivity index (χ1n) is 6.18. The van der Waals surface area contributed by atoms with Gasteiger partial charge in [0.1, 0.15) is 5.75 Å². The molecule has 0 aromatic heterocycles. The van der Waals surface area contributed by atoms with Crippen molar-refractivity contribution in [3.8, 4) is 5.75 Å². The third-order valence-corrected chi connectivity index (χ3v) is 2.44. The Labute approximate surface area is 112 Å². The molecular formula is C13H19N3O3. The minimum Gasteiger partial charge on any atom is -0.484 e. The molecule has 1 rings (SSSR count). The number of ether oxygens (including phenoxy) is 1. The highest BCUT2D eigenvalue weighted by molar-refractivity contribution is 5.94. The van der Waals surface area contributed by atoms with Gasteiger partial charge in [-0.05, 0) is 24.6 Å². The van der Waals surface area contributed by atoms with Crippen molar-refractivity contribution in [2.24, 2.45) is 5.84 Å². The molecule has 0 spiro atoms. The van der Waals surface area contributed by atoms with Crippen LogP contribution in [0.3, 0.4) is 0 Å². The number of benzene rings is 1. The normalized spacial score (nSPS) is 9.79. The van der Waals surface area contributed by atoms with Crippen LogP contribution < -0.4 is 21.3 Å². The van der Waals surface area contributed by atoms with Crippen molar-refractivity contribution >= 4 is 11.8 Å². The zero-order chi connectivity index (χ0) is 14.1. The number of nitrogens with two attached hydrogens (primary N) is 1. The van der Waals surface area contributed by atoms with Gasteiger partial charge in [0.05, 0.1) is 0 Å². The van der Waals surface area contributed by atoms with Crippen LogP contribution in [0.1, 0.15) is 30.1 Å². The summed E-state index contributed by atoms with van der Waals surface area (Å²) >= 11 is 0. The van der Waals surface area contributed by atoms with Gasteiger partial charge in [-0.2, -0.15) is 0 Å². The van der Waals surface area contributed by atoms with Crippen molar-refractivity contribution in [3.05, 3.63) is 29.8 Å². The fourth-order valence-electron chi connectivity index (χ4n) is 1.40. The zero-order valence-electron chi connectivity index (χ0n) is 10.9. The van der Waals surface area contributed by atoms with Gasteiger partial charge in [0.15, 0.2) is 6.61 Å². The number of rotatable bonds is 7. The number of nitrogens with one attached hydrogen (secondary N) is 2. The summed E-state index contributed by atoms with van der Waals surface area (Å²) in [5.41, 5.74) is 2.47. The Hall–Kier alpha value is -2.08. The Bertz CT molecular complexity index is 435. The molecule has 19 heavy (non-hydrogen) atoms. The summed E-state index contributed by atoms with van der Waals surface area (Å²) in [5.74, 6) is 4.81. The number of hydrazine groups is 1. The summed E-state index contributed by atoms with van der Waals surface area (Å²) in [5, 5.41) is 2.81. The van der Waals surface area contributed by atoms with Gasteiger partial charge in [0.25, 0.3) is 11.8 Å². The van der Waals surface area contributed by atoms with Crippen molar-refractivity contribution in [2.75, 3.05) is 13.2 Å². The van der Waals surface area contributed by atoms with Crippen molar-refractivity contribution < 1.29 is 14.3 Å². The molecule has 0 radical (unpaired) electrons. The minimum atomic E-state index is -0.433. The lowest BCUT2D eigenvalue weighted by molar-refractivity contribution is -0.123. The van der Waals surface area contributed by atoms with Gasteiger partial charge in [-0.1, -0.05) is 19.4 Å². The molecule has 0 bridgehead atoms. The van der Waals surface area contributed by atoms with Crippen molar-refractivity contribution in [3.63, 3.8) is 0 Å². The predicted molar refractivity (Wildman–Crippen MR) is 71.5 cm³/mol. The van der Waals surface area contributed by atoms with E-state index in [4.69, 9.17) is 10.6 Å². The van der Waals surface area contributed by atoms with Gasteiger partial charge < -0.3 is 10.1 Å². The number of unbranched alkanes of at least 4 members (excludes halogenated alkanes) is 1. The highest BCUT2D eigenvalue weighted by Gasteiger charge is 2.06. The molecule has 0 aliphatic rings. The molecule has 0 atom stereocenters. The van der Waals surface area contributed by atoms with Crippen molar-refractivity contribution in [1.82, 2.24) is 10.7 Å². The predicted octanol–water partition coefficient (Wildman–Crippen LogP) is 0.585. The summed E-state index contributed by atoms with van der Waals surface area (Å²) in [6, 6.07) is 6.65. The van der Waals surface area contributed by atoms with E-state index in [0.29, 0.717) is 17.9 Å². The lowest BCUT2D eigenvalue weighted by Crippen LogP contribution is -2.34. The fourth-order valence-corrected chi connectivity index (χ4v) is 1.40. The standard InChI is InChI=1S/C13H19N3O3/c1-2-3-7-15-13(18)10-5-4-6-11(8-10)19-9-12(17)16-14/h4-6,8H,2-3,7,9,14H2,1H3,(H,15,18)(H,16,17). The maximum atomic E-state index is 11.8. The lowest BCUT2D eigenvalue weighted by atomic mass is 10.2. The van der Waals surface area contributed by atoms with Crippen LogP contribution >= 0.6 is 0 Å². The third kappa shape index (κ3) is 5.39. The molecule has 1 aromatic rings. The van der Waals surface area contributed by atoms with Crippen LogP contribution in [-0.2, 0) is 4.79 Å². The molecule has 104 valence electrons. The first-order chi connectivity index (χ1) is 9.17. The van der Waals surface area contributed by atoms with E-state index in [1.165, 1.54) is 0 Å². The smallest absolute Gasteiger partial charge is 0.271 e. The quantitative estimate of drug-likeness (QED) is 0.291. The van der Waals surface area contributed by atoms with Gasteiger partial charge in [-0.25, -0.2) is 5.84 Å². The molecular weight excluding hydrogens is 246 g/mol. The third-order valence-electron chi connectivity index (χ3n) is 2.44. The van der Waals surface area contributed by atoms with E-state index in [0.717, 1.165) is 12.8 Å². The Morgan fingerprint density at radius 2 is 2.16 bits per heavy atom. The first-order valence-corrected chi connectivity index (χ1v) is 6.18. The number of carbonyl (C=O) groups is 2. The Kier molecular flexibility index (Phi) is 6.38. The molecule has 0 unspecified atom stereocenters. The molecule has 0 aliphatic carbocycles. The van der Waals surface area contributed by atoms with Crippen LogP contribution in [0.5, 0.6) is 5.75 Å². The van der Waals surface area contributed by atoms with Crippen LogP contribution in [0.2, 0.25) is 0 Å². The molecule has 2 amide bonds. The summed E-state index contributed by atoms with van der Waals surface area (Å²) in [7, 11) is 0. The van der Waals surface area contributed by atoms with Gasteiger partial charge in [-0.15, -0.1) is 0 Å². The van der Waals surface area contributed by atoms with Crippen molar-refractivity contribution in [1.29, 1.82) is 0 Å². The van der Waals surface area contributed by atoms with E-state index in [9.17, 15) is 9.59 Å². The average Bonchev–Trinajstić information content (AvgIpc) is 2.45. The second-order valence-electron chi connectivity index (χ2n) is 3.99. The van der Waals surface area contributed by atoms with Gasteiger partial charge >= 0.3 is 0 Å². The summed E-state index contributed by atoms with van der Waals surface area (Å²) in [4.78, 5) is 22.7. The van der Waals surface area contributed by atoms with Gasteiger partial charge in [0, 0.05) is 12.1 Å². The van der Waals surface area contributed by atoms with E-state index < -0.39 is 5.91 Å². The van der Waals surface area contributed by atoms with Crippen LogP contribution in [0.25, 0.3) is 0 Å². The fraction of sp³-hybridized carbons (Fsp3) is 0.385. The summed E-state index contributed by atoms with van der Waals surface area (Å²) in [6.45, 7) is 2.52. The first kappa shape index (κ1) is 15.0.